The second-order valence-electron chi connectivity index (χ2n) is 5.62. The van der Waals surface area contributed by atoms with Gasteiger partial charge in [-0.15, -0.1) is 16.9 Å². The molecule has 0 aliphatic rings. The first-order chi connectivity index (χ1) is 12.3. The van der Waals surface area contributed by atoms with Crippen molar-refractivity contribution < 1.29 is 0 Å². The molecule has 0 aliphatic carbocycles. The van der Waals surface area contributed by atoms with Crippen LogP contribution in [0, 0.1) is 0 Å². The van der Waals surface area contributed by atoms with Crippen molar-refractivity contribution >= 4 is 23.0 Å². The molecular weight excluding hydrogens is 338 g/mol. The lowest BCUT2D eigenvalue weighted by Gasteiger charge is -2.21. The lowest BCUT2D eigenvalue weighted by molar-refractivity contribution is 0.598. The van der Waals surface area contributed by atoms with Gasteiger partial charge in [-0.3, -0.25) is 0 Å². The number of thioether (sulfide) groups is 1. The van der Waals surface area contributed by atoms with E-state index in [4.69, 9.17) is 0 Å². The van der Waals surface area contributed by atoms with E-state index >= 15 is 0 Å². The molecule has 0 saturated carbocycles. The van der Waals surface area contributed by atoms with Crippen LogP contribution in [-0.4, -0.2) is 21.9 Å². The summed E-state index contributed by atoms with van der Waals surface area (Å²) in [6, 6.07) is 0. The Morgan fingerprint density at radius 2 is 1.81 bits per heavy atom. The van der Waals surface area contributed by atoms with Gasteiger partial charge in [0.2, 0.25) is 0 Å². The highest BCUT2D eigenvalue weighted by Gasteiger charge is 2.03. The van der Waals surface area contributed by atoms with Crippen LogP contribution in [0.4, 0.5) is 0 Å². The summed E-state index contributed by atoms with van der Waals surface area (Å²) in [5.41, 5.74) is 3.95. The van der Waals surface area contributed by atoms with Gasteiger partial charge in [-0.2, -0.15) is 5.10 Å². The second kappa shape index (κ2) is 13.9. The lowest BCUT2D eigenvalue weighted by Crippen LogP contribution is -2.11. The third-order valence-electron chi connectivity index (χ3n) is 3.06. The Bertz CT molecular complexity index is 674. The van der Waals surface area contributed by atoms with Crippen LogP contribution < -0.4 is 0 Å². The van der Waals surface area contributed by atoms with E-state index in [0.717, 1.165) is 27.8 Å². The molecule has 0 amide bonds. The molecule has 140 valence electrons. The standard InChI is InChI=1S/C22H31N3S/c1-9-12-13-22(11-3)16-23-24-21(8)26-17-19(6)15-20(7)25(14-10-2)18(4)5/h9-16H,3-4,7,17H2,1-2,5-6,8H3/b12-9-,14-10-,19-15+,22-13+,23-16+,24-21+. The van der Waals surface area contributed by atoms with E-state index in [1.807, 2.05) is 63.1 Å². The Hall–Kier alpha value is -2.33. The topological polar surface area (TPSA) is 28.0 Å². The molecule has 0 saturated heterocycles. The summed E-state index contributed by atoms with van der Waals surface area (Å²) in [4.78, 5) is 1.97. The summed E-state index contributed by atoms with van der Waals surface area (Å²) >= 11 is 1.65. The predicted octanol–water partition coefficient (Wildman–Crippen LogP) is 6.64. The van der Waals surface area contributed by atoms with E-state index < -0.39 is 0 Å². The molecule has 0 aromatic carbocycles. The maximum Gasteiger partial charge on any atom is 0.0930 e. The Kier molecular flexibility index (Phi) is 12.7. The van der Waals surface area contributed by atoms with Gasteiger partial charge in [0.25, 0.3) is 0 Å². The van der Waals surface area contributed by atoms with Crippen molar-refractivity contribution in [3.05, 3.63) is 84.9 Å². The highest BCUT2D eigenvalue weighted by molar-refractivity contribution is 8.14. The fraction of sp³-hybridized carbons (Fsp3) is 0.273. The Labute approximate surface area is 163 Å². The van der Waals surface area contributed by atoms with E-state index in [0.29, 0.717) is 0 Å². The van der Waals surface area contributed by atoms with Gasteiger partial charge in [0, 0.05) is 23.3 Å². The van der Waals surface area contributed by atoms with Gasteiger partial charge in [0.15, 0.2) is 0 Å². The highest BCUT2D eigenvalue weighted by Crippen LogP contribution is 2.16. The summed E-state index contributed by atoms with van der Waals surface area (Å²) < 4.78 is 0. The van der Waals surface area contributed by atoms with Gasteiger partial charge in [0.05, 0.1) is 11.3 Å². The monoisotopic (exact) mass is 369 g/mol. The first-order valence-corrected chi connectivity index (χ1v) is 9.43. The summed E-state index contributed by atoms with van der Waals surface area (Å²) in [7, 11) is 0. The smallest absolute Gasteiger partial charge is 0.0930 e. The molecule has 0 heterocycles. The largest absolute Gasteiger partial charge is 0.323 e. The normalized spacial score (nSPS) is 13.8. The summed E-state index contributed by atoms with van der Waals surface area (Å²) in [6.07, 6.45) is 15.3. The molecule has 26 heavy (non-hydrogen) atoms. The molecule has 4 heteroatoms. The van der Waals surface area contributed by atoms with Crippen molar-refractivity contribution in [3.63, 3.8) is 0 Å². The molecule has 0 aromatic rings. The summed E-state index contributed by atoms with van der Waals surface area (Å²) in [5.74, 6) is 0.826. The number of allylic oxidation sites excluding steroid dienone is 8. The lowest BCUT2D eigenvalue weighted by atomic mass is 10.2. The number of rotatable bonds is 10. The van der Waals surface area contributed by atoms with Crippen LogP contribution >= 0.6 is 11.8 Å². The van der Waals surface area contributed by atoms with Crippen molar-refractivity contribution in [3.8, 4) is 0 Å². The van der Waals surface area contributed by atoms with Crippen molar-refractivity contribution in [1.82, 2.24) is 4.90 Å². The average Bonchev–Trinajstić information content (AvgIpc) is 2.60. The van der Waals surface area contributed by atoms with Gasteiger partial charge in [-0.25, -0.2) is 0 Å². The maximum atomic E-state index is 4.21. The van der Waals surface area contributed by atoms with Crippen molar-refractivity contribution in [2.75, 3.05) is 5.75 Å². The fourth-order valence-electron chi connectivity index (χ4n) is 1.81. The zero-order chi connectivity index (χ0) is 19.9. The second-order valence-corrected chi connectivity index (χ2v) is 6.79. The van der Waals surface area contributed by atoms with E-state index in [9.17, 15) is 0 Å². The van der Waals surface area contributed by atoms with Crippen LogP contribution in [0.2, 0.25) is 0 Å². The zero-order valence-electron chi connectivity index (χ0n) is 16.7. The van der Waals surface area contributed by atoms with Crippen molar-refractivity contribution in [2.24, 2.45) is 10.2 Å². The molecule has 0 aliphatic heterocycles. The van der Waals surface area contributed by atoms with Crippen LogP contribution in [-0.2, 0) is 0 Å². The number of hydrogen-bond donors (Lipinski definition) is 0. The van der Waals surface area contributed by atoms with Crippen LogP contribution in [0.25, 0.3) is 0 Å². The number of hydrogen-bond acceptors (Lipinski definition) is 4. The SMILES string of the molecule is C=CC(/C=N/N=C(\C)SC/C(C)=C/C(=C)N(/C=C\C)C(=C)C)=C\C=C/C. The molecule has 0 radical (unpaired) electrons. The van der Waals surface area contributed by atoms with E-state index in [2.05, 4.69) is 42.9 Å². The maximum absolute atomic E-state index is 4.21. The van der Waals surface area contributed by atoms with E-state index in [1.165, 1.54) is 5.57 Å². The van der Waals surface area contributed by atoms with Gasteiger partial charge >= 0.3 is 0 Å². The first-order valence-electron chi connectivity index (χ1n) is 8.45. The molecule has 0 spiro atoms. The summed E-state index contributed by atoms with van der Waals surface area (Å²) in [5, 5.41) is 9.23. The van der Waals surface area contributed by atoms with Gasteiger partial charge in [-0.1, -0.05) is 55.7 Å². The molecule has 0 N–H and O–H groups in total. The highest BCUT2D eigenvalue weighted by atomic mass is 32.2. The molecule has 0 fully saturated rings. The van der Waals surface area contributed by atoms with Crippen molar-refractivity contribution in [2.45, 2.75) is 34.6 Å². The van der Waals surface area contributed by atoms with E-state index in [-0.39, 0.29) is 0 Å². The Balaban J connectivity index is 4.78. The molecule has 0 rings (SSSR count). The van der Waals surface area contributed by atoms with Crippen LogP contribution in [0.3, 0.4) is 0 Å². The molecule has 0 unspecified atom stereocenters. The number of nitrogens with zero attached hydrogens (tertiary/aromatic N) is 3. The molecular formula is C22H31N3S. The molecule has 0 atom stereocenters. The van der Waals surface area contributed by atoms with Crippen LogP contribution in [0.15, 0.2) is 95.1 Å². The third kappa shape index (κ3) is 10.5. The zero-order valence-corrected chi connectivity index (χ0v) is 17.5. The van der Waals surface area contributed by atoms with E-state index in [1.54, 1.807) is 24.1 Å². The molecule has 0 bridgehead atoms. The molecule has 0 aromatic heterocycles. The average molecular weight is 370 g/mol. The van der Waals surface area contributed by atoms with Gasteiger partial charge < -0.3 is 4.90 Å². The first kappa shape index (κ1) is 23.7. The summed E-state index contributed by atoms with van der Waals surface area (Å²) in [6.45, 7) is 21.8. The minimum atomic E-state index is 0.826. The minimum absolute atomic E-state index is 0.826. The van der Waals surface area contributed by atoms with Crippen molar-refractivity contribution in [1.29, 1.82) is 0 Å². The van der Waals surface area contributed by atoms with Crippen LogP contribution in [0.5, 0.6) is 0 Å². The Morgan fingerprint density at radius 3 is 2.35 bits per heavy atom. The van der Waals surface area contributed by atoms with Gasteiger partial charge in [0.1, 0.15) is 0 Å². The van der Waals surface area contributed by atoms with Gasteiger partial charge in [-0.05, 0) is 46.3 Å². The fourth-order valence-corrected chi connectivity index (χ4v) is 2.43. The Morgan fingerprint density at radius 1 is 1.12 bits per heavy atom. The molecule has 3 nitrogen and oxygen atoms in total. The predicted molar refractivity (Wildman–Crippen MR) is 122 cm³/mol. The minimum Gasteiger partial charge on any atom is -0.323 e. The quantitative estimate of drug-likeness (QED) is 0.187. The third-order valence-corrected chi connectivity index (χ3v) is 4.16. The van der Waals surface area contributed by atoms with Crippen LogP contribution in [0.1, 0.15) is 34.6 Å².